The molecule has 9 nitrogen and oxygen atoms in total. The van der Waals surface area contributed by atoms with E-state index in [9.17, 15) is 18.0 Å². The van der Waals surface area contributed by atoms with Crippen molar-refractivity contribution in [3.63, 3.8) is 0 Å². The Morgan fingerprint density at radius 3 is 2.26 bits per heavy atom. The summed E-state index contributed by atoms with van der Waals surface area (Å²) < 4.78 is 32.5. The molecule has 0 unspecified atom stereocenters. The van der Waals surface area contributed by atoms with Gasteiger partial charge in [-0.25, -0.2) is 13.2 Å². The highest BCUT2D eigenvalue weighted by Crippen LogP contribution is 2.26. The topological polar surface area (TPSA) is 131 Å². The lowest BCUT2D eigenvalue weighted by Crippen LogP contribution is -2.41. The number of sulfonamides is 1. The van der Waals surface area contributed by atoms with E-state index in [0.29, 0.717) is 36.6 Å². The molecular formula is C21H26N4O5S. The first kappa shape index (κ1) is 22.6. The SMILES string of the molecule is CCOc1ccc(S(=O)(=O)N2CCC(C(=O)Nc3cccc(NC(N)=O)c3)CC2)cc1. The van der Waals surface area contributed by atoms with Gasteiger partial charge >= 0.3 is 6.03 Å². The number of ether oxygens (including phenoxy) is 1. The smallest absolute Gasteiger partial charge is 0.316 e. The van der Waals surface area contributed by atoms with Crippen molar-refractivity contribution in [3.8, 4) is 5.75 Å². The predicted octanol–water partition coefficient (Wildman–Crippen LogP) is 2.62. The molecule has 1 saturated heterocycles. The molecule has 0 aliphatic carbocycles. The van der Waals surface area contributed by atoms with Crippen molar-refractivity contribution < 1.29 is 22.7 Å². The standard InChI is InChI=1S/C21H26N4O5S/c1-2-30-18-6-8-19(9-7-18)31(28,29)25-12-10-15(11-13-25)20(26)23-16-4-3-5-17(14-16)24-21(22)27/h3-9,14-15H,2,10-13H2,1H3,(H,23,26)(H3,22,24,27). The van der Waals surface area contributed by atoms with Gasteiger partial charge < -0.3 is 21.1 Å². The molecule has 2 aromatic carbocycles. The van der Waals surface area contributed by atoms with Crippen molar-refractivity contribution >= 4 is 33.3 Å². The highest BCUT2D eigenvalue weighted by atomic mass is 32.2. The average molecular weight is 447 g/mol. The normalized spacial score (nSPS) is 15.3. The van der Waals surface area contributed by atoms with Crippen LogP contribution >= 0.6 is 0 Å². The van der Waals surface area contributed by atoms with Crippen molar-refractivity contribution in [1.29, 1.82) is 0 Å². The second-order valence-electron chi connectivity index (χ2n) is 7.14. The number of amides is 3. The van der Waals surface area contributed by atoms with Crippen LogP contribution < -0.4 is 21.1 Å². The third-order valence-corrected chi connectivity index (χ3v) is 6.91. The first-order valence-corrected chi connectivity index (χ1v) is 11.4. The van der Waals surface area contributed by atoms with Gasteiger partial charge in [-0.1, -0.05) is 6.07 Å². The molecule has 0 spiro atoms. The van der Waals surface area contributed by atoms with Gasteiger partial charge in [0.15, 0.2) is 0 Å². The summed E-state index contributed by atoms with van der Waals surface area (Å²) in [4.78, 5) is 23.8. The number of hydrogen-bond acceptors (Lipinski definition) is 5. The van der Waals surface area contributed by atoms with Crippen LogP contribution in [0.5, 0.6) is 5.75 Å². The van der Waals surface area contributed by atoms with Crippen LogP contribution in [0, 0.1) is 5.92 Å². The van der Waals surface area contributed by atoms with E-state index < -0.39 is 16.1 Å². The molecule has 4 N–H and O–H groups in total. The van der Waals surface area contributed by atoms with Crippen LogP contribution in [0.4, 0.5) is 16.2 Å². The molecule has 0 radical (unpaired) electrons. The molecule has 0 saturated carbocycles. The van der Waals surface area contributed by atoms with E-state index in [1.807, 2.05) is 6.92 Å². The number of benzene rings is 2. The molecule has 0 aromatic heterocycles. The molecule has 3 rings (SSSR count). The Morgan fingerprint density at radius 1 is 1.06 bits per heavy atom. The van der Waals surface area contributed by atoms with E-state index in [2.05, 4.69) is 10.6 Å². The fraction of sp³-hybridized carbons (Fsp3) is 0.333. The third kappa shape index (κ3) is 5.74. The van der Waals surface area contributed by atoms with Gasteiger partial charge in [0.05, 0.1) is 11.5 Å². The Balaban J connectivity index is 1.58. The summed E-state index contributed by atoms with van der Waals surface area (Å²) in [5.74, 6) is 0.126. The lowest BCUT2D eigenvalue weighted by Gasteiger charge is -2.30. The number of primary amides is 1. The molecule has 1 heterocycles. The van der Waals surface area contributed by atoms with Gasteiger partial charge in [-0.15, -0.1) is 0 Å². The molecule has 2 aromatic rings. The average Bonchev–Trinajstić information content (AvgIpc) is 2.74. The van der Waals surface area contributed by atoms with E-state index in [4.69, 9.17) is 10.5 Å². The Morgan fingerprint density at radius 2 is 1.68 bits per heavy atom. The van der Waals surface area contributed by atoms with Crippen molar-refractivity contribution in [2.75, 3.05) is 30.3 Å². The Hall–Kier alpha value is -3.11. The largest absolute Gasteiger partial charge is 0.494 e. The van der Waals surface area contributed by atoms with Gasteiger partial charge in [-0.05, 0) is 62.2 Å². The van der Waals surface area contributed by atoms with E-state index in [-0.39, 0.29) is 29.8 Å². The second kappa shape index (κ2) is 9.80. The van der Waals surface area contributed by atoms with E-state index in [1.165, 1.54) is 16.4 Å². The Bertz CT molecular complexity index is 1030. The summed E-state index contributed by atoms with van der Waals surface area (Å²) in [6.07, 6.45) is 0.836. The minimum atomic E-state index is -3.62. The van der Waals surface area contributed by atoms with E-state index in [1.54, 1.807) is 36.4 Å². The van der Waals surface area contributed by atoms with Crippen LogP contribution in [-0.2, 0) is 14.8 Å². The van der Waals surface area contributed by atoms with Crippen LogP contribution in [0.15, 0.2) is 53.4 Å². The van der Waals surface area contributed by atoms with Gasteiger partial charge in [0.1, 0.15) is 5.75 Å². The minimum absolute atomic E-state index is 0.186. The van der Waals surface area contributed by atoms with E-state index in [0.717, 1.165) is 0 Å². The highest BCUT2D eigenvalue weighted by molar-refractivity contribution is 7.89. The number of carbonyl (C=O) groups is 2. The summed E-state index contributed by atoms with van der Waals surface area (Å²) in [6.45, 7) is 2.89. The molecule has 1 aliphatic heterocycles. The summed E-state index contributed by atoms with van der Waals surface area (Å²) >= 11 is 0. The van der Waals surface area contributed by atoms with Crippen molar-refractivity contribution in [2.24, 2.45) is 11.7 Å². The molecular weight excluding hydrogens is 420 g/mol. The third-order valence-electron chi connectivity index (χ3n) is 4.99. The van der Waals surface area contributed by atoms with Gasteiger partial charge in [0, 0.05) is 30.4 Å². The van der Waals surface area contributed by atoms with Crippen LogP contribution in [-0.4, -0.2) is 44.4 Å². The first-order chi connectivity index (χ1) is 14.8. The maximum absolute atomic E-state index is 12.9. The number of carbonyl (C=O) groups excluding carboxylic acids is 2. The van der Waals surface area contributed by atoms with Crippen molar-refractivity contribution in [3.05, 3.63) is 48.5 Å². The van der Waals surface area contributed by atoms with Crippen LogP contribution in [0.25, 0.3) is 0 Å². The first-order valence-electron chi connectivity index (χ1n) is 10.00. The molecule has 166 valence electrons. The maximum Gasteiger partial charge on any atom is 0.316 e. The zero-order chi connectivity index (χ0) is 22.4. The van der Waals surface area contributed by atoms with Gasteiger partial charge in [-0.3, -0.25) is 4.79 Å². The lowest BCUT2D eigenvalue weighted by atomic mass is 9.97. The summed E-state index contributed by atoms with van der Waals surface area (Å²) in [7, 11) is -3.62. The van der Waals surface area contributed by atoms with Gasteiger partial charge in [0.25, 0.3) is 0 Å². The lowest BCUT2D eigenvalue weighted by molar-refractivity contribution is -0.120. The van der Waals surface area contributed by atoms with Crippen LogP contribution in [0.3, 0.4) is 0 Å². The number of nitrogens with zero attached hydrogens (tertiary/aromatic N) is 1. The number of hydrogen-bond donors (Lipinski definition) is 3. The zero-order valence-corrected chi connectivity index (χ0v) is 18.0. The fourth-order valence-electron chi connectivity index (χ4n) is 3.44. The van der Waals surface area contributed by atoms with Gasteiger partial charge in [0.2, 0.25) is 15.9 Å². The highest BCUT2D eigenvalue weighted by Gasteiger charge is 2.32. The molecule has 10 heteroatoms. The van der Waals surface area contributed by atoms with Crippen molar-refractivity contribution in [1.82, 2.24) is 4.31 Å². The fourth-order valence-corrected chi connectivity index (χ4v) is 4.91. The van der Waals surface area contributed by atoms with Gasteiger partial charge in [-0.2, -0.15) is 4.31 Å². The molecule has 31 heavy (non-hydrogen) atoms. The molecule has 0 bridgehead atoms. The quantitative estimate of drug-likeness (QED) is 0.602. The molecule has 0 atom stereocenters. The van der Waals surface area contributed by atoms with Crippen molar-refractivity contribution in [2.45, 2.75) is 24.7 Å². The minimum Gasteiger partial charge on any atom is -0.494 e. The number of piperidine rings is 1. The number of nitrogens with one attached hydrogen (secondary N) is 2. The summed E-state index contributed by atoms with van der Waals surface area (Å²) in [6, 6.07) is 12.3. The van der Waals surface area contributed by atoms with Crippen LogP contribution in [0.2, 0.25) is 0 Å². The molecule has 1 aliphatic rings. The summed E-state index contributed by atoms with van der Waals surface area (Å²) in [5, 5.41) is 5.27. The molecule has 1 fully saturated rings. The number of anilines is 2. The molecule has 3 amide bonds. The number of urea groups is 1. The van der Waals surface area contributed by atoms with E-state index >= 15 is 0 Å². The predicted molar refractivity (Wildman–Crippen MR) is 117 cm³/mol. The summed E-state index contributed by atoms with van der Waals surface area (Å²) in [5.41, 5.74) is 6.11. The second-order valence-corrected chi connectivity index (χ2v) is 9.08. The Kier molecular flexibility index (Phi) is 7.13. The monoisotopic (exact) mass is 446 g/mol. The number of nitrogens with two attached hydrogens (primary N) is 1. The maximum atomic E-state index is 12.9. The number of rotatable bonds is 7. The zero-order valence-electron chi connectivity index (χ0n) is 17.2. The Labute approximate surface area is 181 Å². The van der Waals surface area contributed by atoms with Crippen LogP contribution in [0.1, 0.15) is 19.8 Å².